The Hall–Kier alpha value is -3.36. The standard InChI is InChI=1S/C21H18ClN3O4S/c1-14(26)23-17-8-10-18(11-9-17)30(28,29)25-20-12-7-16(22)13-19(20)21(24-27)15-5-3-2-4-6-15/h2-13,25,27H,1H3,(H,23,26)/b24-21+. The van der Waals surface area contributed by atoms with E-state index in [0.717, 1.165) is 0 Å². The Morgan fingerprint density at radius 3 is 2.27 bits per heavy atom. The van der Waals surface area contributed by atoms with Crippen molar-refractivity contribution in [2.24, 2.45) is 5.16 Å². The minimum atomic E-state index is -3.96. The third-order valence-corrected chi connectivity index (χ3v) is 5.73. The number of carbonyl (C=O) groups excluding carboxylic acids is 1. The van der Waals surface area contributed by atoms with Crippen LogP contribution >= 0.6 is 11.6 Å². The normalized spacial score (nSPS) is 11.7. The minimum absolute atomic E-state index is 0.000277. The van der Waals surface area contributed by atoms with Crippen LogP contribution in [0.2, 0.25) is 5.02 Å². The summed E-state index contributed by atoms with van der Waals surface area (Å²) in [5.74, 6) is -0.258. The number of hydrogen-bond donors (Lipinski definition) is 3. The summed E-state index contributed by atoms with van der Waals surface area (Å²) in [4.78, 5) is 11.1. The summed E-state index contributed by atoms with van der Waals surface area (Å²) in [7, 11) is -3.96. The first-order chi connectivity index (χ1) is 14.3. The smallest absolute Gasteiger partial charge is 0.261 e. The minimum Gasteiger partial charge on any atom is -0.410 e. The quantitative estimate of drug-likeness (QED) is 0.299. The van der Waals surface area contributed by atoms with Crippen molar-refractivity contribution < 1.29 is 18.4 Å². The molecule has 30 heavy (non-hydrogen) atoms. The van der Waals surface area contributed by atoms with Crippen molar-refractivity contribution in [3.8, 4) is 0 Å². The van der Waals surface area contributed by atoms with Gasteiger partial charge in [0.15, 0.2) is 0 Å². The van der Waals surface area contributed by atoms with Gasteiger partial charge >= 0.3 is 0 Å². The largest absolute Gasteiger partial charge is 0.410 e. The van der Waals surface area contributed by atoms with Gasteiger partial charge in [-0.3, -0.25) is 9.52 Å². The molecule has 0 bridgehead atoms. The van der Waals surface area contributed by atoms with E-state index in [1.54, 1.807) is 24.3 Å². The number of oxime groups is 1. The van der Waals surface area contributed by atoms with Crippen LogP contribution in [-0.4, -0.2) is 25.2 Å². The fourth-order valence-corrected chi connectivity index (χ4v) is 4.04. The number of amides is 1. The molecule has 0 radical (unpaired) electrons. The highest BCUT2D eigenvalue weighted by Crippen LogP contribution is 2.27. The van der Waals surface area contributed by atoms with Crippen LogP contribution in [0.3, 0.4) is 0 Å². The summed E-state index contributed by atoms with van der Waals surface area (Å²) in [6.45, 7) is 1.36. The first-order valence-corrected chi connectivity index (χ1v) is 10.6. The number of anilines is 2. The van der Waals surface area contributed by atoms with Crippen molar-refractivity contribution in [2.75, 3.05) is 10.0 Å². The van der Waals surface area contributed by atoms with Gasteiger partial charge < -0.3 is 10.5 Å². The van der Waals surface area contributed by atoms with Gasteiger partial charge in [-0.15, -0.1) is 0 Å². The van der Waals surface area contributed by atoms with Crippen molar-refractivity contribution in [3.05, 3.63) is 88.9 Å². The molecular weight excluding hydrogens is 426 g/mol. The summed E-state index contributed by atoms with van der Waals surface area (Å²) < 4.78 is 28.3. The number of nitrogens with zero attached hydrogens (tertiary/aromatic N) is 1. The number of hydrogen-bond acceptors (Lipinski definition) is 5. The van der Waals surface area contributed by atoms with Gasteiger partial charge in [0.2, 0.25) is 5.91 Å². The summed E-state index contributed by atoms with van der Waals surface area (Å²) >= 11 is 6.10. The zero-order chi connectivity index (χ0) is 21.7. The molecule has 3 aromatic carbocycles. The monoisotopic (exact) mass is 443 g/mol. The van der Waals surface area contributed by atoms with E-state index in [1.165, 1.54) is 49.4 Å². The Bertz CT molecular complexity index is 1190. The van der Waals surface area contributed by atoms with Crippen LogP contribution in [0.15, 0.2) is 82.8 Å². The van der Waals surface area contributed by atoms with Crippen LogP contribution in [0.25, 0.3) is 0 Å². The predicted octanol–water partition coefficient (Wildman–Crippen LogP) is 4.33. The Balaban J connectivity index is 1.98. The Morgan fingerprint density at radius 1 is 1.00 bits per heavy atom. The van der Waals surface area contributed by atoms with Gasteiger partial charge in [0.05, 0.1) is 10.6 Å². The lowest BCUT2D eigenvalue weighted by Gasteiger charge is -2.14. The lowest BCUT2D eigenvalue weighted by Crippen LogP contribution is -2.16. The van der Waals surface area contributed by atoms with E-state index in [2.05, 4.69) is 15.2 Å². The predicted molar refractivity (Wildman–Crippen MR) is 117 cm³/mol. The number of halogens is 1. The molecule has 9 heteroatoms. The molecule has 3 aromatic rings. The van der Waals surface area contributed by atoms with E-state index in [9.17, 15) is 18.4 Å². The Kier molecular flexibility index (Phi) is 6.39. The van der Waals surface area contributed by atoms with E-state index >= 15 is 0 Å². The van der Waals surface area contributed by atoms with Crippen LogP contribution in [-0.2, 0) is 14.8 Å². The first-order valence-electron chi connectivity index (χ1n) is 8.78. The number of carbonyl (C=O) groups is 1. The maximum atomic E-state index is 12.9. The molecule has 0 heterocycles. The zero-order valence-electron chi connectivity index (χ0n) is 15.8. The molecule has 0 saturated heterocycles. The van der Waals surface area contributed by atoms with E-state index in [4.69, 9.17) is 11.6 Å². The number of nitrogens with one attached hydrogen (secondary N) is 2. The lowest BCUT2D eigenvalue weighted by atomic mass is 10.0. The van der Waals surface area contributed by atoms with Crippen molar-refractivity contribution >= 4 is 44.6 Å². The molecule has 7 nitrogen and oxygen atoms in total. The van der Waals surface area contributed by atoms with E-state index in [1.807, 2.05) is 6.07 Å². The van der Waals surface area contributed by atoms with Gasteiger partial charge in [0.25, 0.3) is 10.0 Å². The fourth-order valence-electron chi connectivity index (χ4n) is 2.79. The second-order valence-electron chi connectivity index (χ2n) is 6.32. The third-order valence-electron chi connectivity index (χ3n) is 4.11. The van der Waals surface area contributed by atoms with Crippen LogP contribution in [0.4, 0.5) is 11.4 Å². The molecule has 0 atom stereocenters. The van der Waals surface area contributed by atoms with Crippen molar-refractivity contribution in [3.63, 3.8) is 0 Å². The second-order valence-corrected chi connectivity index (χ2v) is 8.43. The lowest BCUT2D eigenvalue weighted by molar-refractivity contribution is -0.114. The van der Waals surface area contributed by atoms with Crippen molar-refractivity contribution in [1.29, 1.82) is 0 Å². The van der Waals surface area contributed by atoms with E-state index < -0.39 is 10.0 Å². The van der Waals surface area contributed by atoms with Crippen molar-refractivity contribution in [1.82, 2.24) is 0 Å². The van der Waals surface area contributed by atoms with Crippen LogP contribution in [0, 0.1) is 0 Å². The van der Waals surface area contributed by atoms with Gasteiger partial charge in [0, 0.05) is 28.8 Å². The third kappa shape index (κ3) is 4.97. The van der Waals surface area contributed by atoms with Gasteiger partial charge in [-0.05, 0) is 42.5 Å². The highest BCUT2D eigenvalue weighted by Gasteiger charge is 2.20. The Morgan fingerprint density at radius 2 is 1.67 bits per heavy atom. The highest BCUT2D eigenvalue weighted by molar-refractivity contribution is 7.92. The van der Waals surface area contributed by atoms with Crippen LogP contribution in [0.5, 0.6) is 0 Å². The Labute approximate surface area is 179 Å². The number of benzene rings is 3. The number of rotatable bonds is 6. The molecule has 0 aliphatic rings. The highest BCUT2D eigenvalue weighted by atomic mass is 35.5. The molecule has 3 rings (SSSR count). The number of sulfonamides is 1. The molecule has 0 aliphatic heterocycles. The average Bonchev–Trinajstić information content (AvgIpc) is 2.71. The summed E-state index contributed by atoms with van der Waals surface area (Å²) in [6, 6.07) is 19.1. The summed E-state index contributed by atoms with van der Waals surface area (Å²) in [6.07, 6.45) is 0. The SMILES string of the molecule is CC(=O)Nc1ccc(S(=O)(=O)Nc2ccc(Cl)cc2/C(=N/O)c2ccccc2)cc1. The molecule has 0 spiro atoms. The molecule has 154 valence electrons. The van der Waals surface area contributed by atoms with Crippen LogP contribution in [0.1, 0.15) is 18.1 Å². The molecule has 1 amide bonds. The molecule has 0 saturated carbocycles. The molecule has 0 aliphatic carbocycles. The molecule has 0 unspecified atom stereocenters. The average molecular weight is 444 g/mol. The van der Waals surface area contributed by atoms with Gasteiger partial charge in [-0.2, -0.15) is 0 Å². The molecule has 3 N–H and O–H groups in total. The summed E-state index contributed by atoms with van der Waals surface area (Å²) in [5, 5.41) is 15.9. The van der Waals surface area contributed by atoms with Gasteiger partial charge in [0.1, 0.15) is 5.71 Å². The molecule has 0 aromatic heterocycles. The first kappa shape index (κ1) is 21.4. The van der Waals surface area contributed by atoms with Crippen LogP contribution < -0.4 is 10.0 Å². The topological polar surface area (TPSA) is 108 Å². The van der Waals surface area contributed by atoms with Gasteiger partial charge in [-0.25, -0.2) is 8.42 Å². The van der Waals surface area contributed by atoms with E-state index in [0.29, 0.717) is 21.8 Å². The summed E-state index contributed by atoms with van der Waals surface area (Å²) in [5.41, 5.74) is 1.74. The van der Waals surface area contributed by atoms with Crippen molar-refractivity contribution in [2.45, 2.75) is 11.8 Å². The molecular formula is C21H18ClN3O4S. The zero-order valence-corrected chi connectivity index (χ0v) is 17.4. The maximum Gasteiger partial charge on any atom is 0.261 e. The second kappa shape index (κ2) is 8.98. The molecule has 0 fully saturated rings. The van der Waals surface area contributed by atoms with E-state index in [-0.39, 0.29) is 22.2 Å². The van der Waals surface area contributed by atoms with Gasteiger partial charge in [-0.1, -0.05) is 47.1 Å². The maximum absolute atomic E-state index is 12.9. The fraction of sp³-hybridized carbons (Fsp3) is 0.0476.